The quantitative estimate of drug-likeness (QED) is 0.491. The lowest BCUT2D eigenvalue weighted by molar-refractivity contribution is 0.103. The van der Waals surface area contributed by atoms with Crippen LogP contribution in [-0.2, 0) is 6.61 Å². The van der Waals surface area contributed by atoms with Crippen molar-refractivity contribution in [2.24, 2.45) is 0 Å². The fourth-order valence-corrected chi connectivity index (χ4v) is 2.80. The molecule has 3 aromatic carbocycles. The van der Waals surface area contributed by atoms with Gasteiger partial charge in [-0.05, 0) is 47.7 Å². The van der Waals surface area contributed by atoms with E-state index in [1.54, 1.807) is 0 Å². The number of carbonyl (C=O) groups is 1. The van der Waals surface area contributed by atoms with Crippen molar-refractivity contribution in [1.82, 2.24) is 0 Å². The first-order valence-electron chi connectivity index (χ1n) is 9.09. The summed E-state index contributed by atoms with van der Waals surface area (Å²) in [5.41, 5.74) is 3.87. The monoisotopic (exact) mass is 344 g/mol. The second kappa shape index (κ2) is 8.48. The molecule has 0 aliphatic heterocycles. The van der Waals surface area contributed by atoms with Gasteiger partial charge in [-0.3, -0.25) is 4.79 Å². The maximum Gasteiger partial charge on any atom is 0.193 e. The van der Waals surface area contributed by atoms with Crippen LogP contribution in [0.3, 0.4) is 0 Å². The molecule has 0 spiro atoms. The molecule has 0 heterocycles. The van der Waals surface area contributed by atoms with Gasteiger partial charge in [-0.25, -0.2) is 0 Å². The normalized spacial score (nSPS) is 11.8. The predicted octanol–water partition coefficient (Wildman–Crippen LogP) is 6.01. The minimum Gasteiger partial charge on any atom is -0.489 e. The zero-order chi connectivity index (χ0) is 18.4. The number of rotatable bonds is 7. The van der Waals surface area contributed by atoms with Crippen molar-refractivity contribution in [1.29, 1.82) is 0 Å². The Kier molecular flexibility index (Phi) is 5.85. The summed E-state index contributed by atoms with van der Waals surface area (Å²) in [6.45, 7) is 4.96. The molecule has 0 aromatic heterocycles. The van der Waals surface area contributed by atoms with Crippen LogP contribution >= 0.6 is 0 Å². The van der Waals surface area contributed by atoms with Crippen LogP contribution in [0.4, 0.5) is 0 Å². The highest BCUT2D eigenvalue weighted by atomic mass is 16.5. The second-order valence-electron chi connectivity index (χ2n) is 6.56. The SMILES string of the molecule is CCC(C)c1ccc(COc2ccc(C(=O)c3ccccc3)cc2)cc1. The number of ether oxygens (including phenoxy) is 1. The first kappa shape index (κ1) is 17.9. The van der Waals surface area contributed by atoms with Crippen molar-refractivity contribution in [3.8, 4) is 5.75 Å². The van der Waals surface area contributed by atoms with Gasteiger partial charge in [-0.1, -0.05) is 68.4 Å². The van der Waals surface area contributed by atoms with Gasteiger partial charge < -0.3 is 4.74 Å². The highest BCUT2D eigenvalue weighted by molar-refractivity contribution is 6.08. The molecule has 2 nitrogen and oxygen atoms in total. The summed E-state index contributed by atoms with van der Waals surface area (Å²) in [5.74, 6) is 1.37. The van der Waals surface area contributed by atoms with Crippen LogP contribution in [0.25, 0.3) is 0 Å². The van der Waals surface area contributed by atoms with Crippen molar-refractivity contribution in [2.75, 3.05) is 0 Å². The van der Waals surface area contributed by atoms with Crippen LogP contribution < -0.4 is 4.74 Å². The maximum absolute atomic E-state index is 12.4. The van der Waals surface area contributed by atoms with E-state index in [0.717, 1.165) is 17.7 Å². The molecule has 0 aliphatic rings. The standard InChI is InChI=1S/C24H24O2/c1-3-18(2)20-11-9-19(10-12-20)17-26-23-15-13-22(14-16-23)24(25)21-7-5-4-6-8-21/h4-16,18H,3,17H2,1-2H3. The molecule has 2 heteroatoms. The van der Waals surface area contributed by atoms with Crippen molar-refractivity contribution in [3.05, 3.63) is 101 Å². The van der Waals surface area contributed by atoms with E-state index in [9.17, 15) is 4.79 Å². The van der Waals surface area contributed by atoms with E-state index < -0.39 is 0 Å². The Labute approximate surface area is 155 Å². The average Bonchev–Trinajstić information content (AvgIpc) is 2.72. The number of benzene rings is 3. The van der Waals surface area contributed by atoms with E-state index in [1.165, 1.54) is 5.56 Å². The fourth-order valence-electron chi connectivity index (χ4n) is 2.80. The van der Waals surface area contributed by atoms with E-state index in [2.05, 4.69) is 38.1 Å². The van der Waals surface area contributed by atoms with Crippen molar-refractivity contribution < 1.29 is 9.53 Å². The first-order chi connectivity index (χ1) is 12.7. The molecule has 1 atom stereocenters. The number of carbonyl (C=O) groups excluding carboxylic acids is 1. The summed E-state index contributed by atoms with van der Waals surface area (Å²) in [4.78, 5) is 12.4. The molecule has 0 saturated heterocycles. The third-order valence-corrected chi connectivity index (χ3v) is 4.72. The summed E-state index contributed by atoms with van der Waals surface area (Å²) in [6.07, 6.45) is 1.14. The Bertz CT molecular complexity index is 834. The van der Waals surface area contributed by atoms with Gasteiger partial charge in [-0.2, -0.15) is 0 Å². The van der Waals surface area contributed by atoms with Crippen LogP contribution in [-0.4, -0.2) is 5.78 Å². The highest BCUT2D eigenvalue weighted by Crippen LogP contribution is 2.20. The Hall–Kier alpha value is -2.87. The van der Waals surface area contributed by atoms with Gasteiger partial charge in [0.2, 0.25) is 0 Å². The lowest BCUT2D eigenvalue weighted by atomic mass is 9.98. The van der Waals surface area contributed by atoms with Crippen LogP contribution in [0.1, 0.15) is 53.2 Å². The van der Waals surface area contributed by atoms with Crippen LogP contribution in [0, 0.1) is 0 Å². The molecule has 132 valence electrons. The van der Waals surface area contributed by atoms with E-state index in [4.69, 9.17) is 4.74 Å². The van der Waals surface area contributed by atoms with Gasteiger partial charge in [0.1, 0.15) is 12.4 Å². The Morgan fingerprint density at radius 1 is 0.846 bits per heavy atom. The lowest BCUT2D eigenvalue weighted by Crippen LogP contribution is -2.01. The molecule has 26 heavy (non-hydrogen) atoms. The fraction of sp³-hybridized carbons (Fsp3) is 0.208. The average molecular weight is 344 g/mol. The van der Waals surface area contributed by atoms with Gasteiger partial charge in [0.15, 0.2) is 5.78 Å². The summed E-state index contributed by atoms with van der Waals surface area (Å²) >= 11 is 0. The third kappa shape index (κ3) is 4.40. The Morgan fingerprint density at radius 3 is 2.08 bits per heavy atom. The second-order valence-corrected chi connectivity index (χ2v) is 6.56. The smallest absolute Gasteiger partial charge is 0.193 e. The molecular formula is C24H24O2. The van der Waals surface area contributed by atoms with E-state index in [-0.39, 0.29) is 5.78 Å². The molecule has 0 aliphatic carbocycles. The summed E-state index contributed by atoms with van der Waals surface area (Å²) in [5, 5.41) is 0. The Balaban J connectivity index is 1.60. The number of hydrogen-bond donors (Lipinski definition) is 0. The maximum atomic E-state index is 12.4. The Morgan fingerprint density at radius 2 is 1.46 bits per heavy atom. The molecular weight excluding hydrogens is 320 g/mol. The topological polar surface area (TPSA) is 26.3 Å². The molecule has 0 radical (unpaired) electrons. The molecule has 1 unspecified atom stereocenters. The number of hydrogen-bond acceptors (Lipinski definition) is 2. The van der Waals surface area contributed by atoms with Crippen molar-refractivity contribution in [3.63, 3.8) is 0 Å². The lowest BCUT2D eigenvalue weighted by Gasteiger charge is -2.11. The zero-order valence-electron chi connectivity index (χ0n) is 15.3. The molecule has 3 aromatic rings. The van der Waals surface area contributed by atoms with Gasteiger partial charge >= 0.3 is 0 Å². The highest BCUT2D eigenvalue weighted by Gasteiger charge is 2.08. The van der Waals surface area contributed by atoms with Crippen molar-refractivity contribution in [2.45, 2.75) is 32.8 Å². The van der Waals surface area contributed by atoms with Crippen LogP contribution in [0.15, 0.2) is 78.9 Å². The van der Waals surface area contributed by atoms with Gasteiger partial charge in [0.25, 0.3) is 0 Å². The van der Waals surface area contributed by atoms with Crippen LogP contribution in [0.5, 0.6) is 5.75 Å². The molecule has 0 fully saturated rings. The number of ketones is 1. The zero-order valence-corrected chi connectivity index (χ0v) is 15.3. The first-order valence-corrected chi connectivity index (χ1v) is 9.09. The van der Waals surface area contributed by atoms with Gasteiger partial charge in [-0.15, -0.1) is 0 Å². The van der Waals surface area contributed by atoms with E-state index in [0.29, 0.717) is 23.7 Å². The molecule has 0 saturated carbocycles. The minimum absolute atomic E-state index is 0.0257. The molecule has 0 N–H and O–H groups in total. The summed E-state index contributed by atoms with van der Waals surface area (Å²) in [7, 11) is 0. The minimum atomic E-state index is 0.0257. The van der Waals surface area contributed by atoms with Crippen molar-refractivity contribution >= 4 is 5.78 Å². The predicted molar refractivity (Wildman–Crippen MR) is 106 cm³/mol. The molecule has 0 bridgehead atoms. The van der Waals surface area contributed by atoms with E-state index in [1.807, 2.05) is 54.6 Å². The molecule has 3 rings (SSSR count). The van der Waals surface area contributed by atoms with Crippen LogP contribution in [0.2, 0.25) is 0 Å². The molecule has 0 amide bonds. The largest absolute Gasteiger partial charge is 0.489 e. The van der Waals surface area contributed by atoms with E-state index >= 15 is 0 Å². The van der Waals surface area contributed by atoms with Gasteiger partial charge in [0, 0.05) is 11.1 Å². The summed E-state index contributed by atoms with van der Waals surface area (Å²) < 4.78 is 5.85. The summed E-state index contributed by atoms with van der Waals surface area (Å²) in [6, 6.07) is 25.2. The van der Waals surface area contributed by atoms with Gasteiger partial charge in [0.05, 0.1) is 0 Å². The third-order valence-electron chi connectivity index (χ3n) is 4.72.